The van der Waals surface area contributed by atoms with Crippen LogP contribution in [0, 0.1) is 0 Å². The molecule has 8 heteroatoms. The molecule has 0 spiro atoms. The zero-order valence-electron chi connectivity index (χ0n) is 15.8. The molecule has 0 radical (unpaired) electrons. The van der Waals surface area contributed by atoms with E-state index in [1.807, 2.05) is 27.7 Å². The summed E-state index contributed by atoms with van der Waals surface area (Å²) in [6.07, 6.45) is 1.30. The molecule has 0 aliphatic carbocycles. The first kappa shape index (κ1) is 18.8. The van der Waals surface area contributed by atoms with Gasteiger partial charge in [0.15, 0.2) is 17.2 Å². The van der Waals surface area contributed by atoms with Gasteiger partial charge in [0.2, 0.25) is 12.7 Å². The molecule has 0 fully saturated rings. The average molecular weight is 373 g/mol. The molecule has 0 saturated heterocycles. The van der Waals surface area contributed by atoms with E-state index in [9.17, 15) is 9.59 Å². The first-order valence-corrected chi connectivity index (χ1v) is 8.81. The van der Waals surface area contributed by atoms with Crippen molar-refractivity contribution in [2.75, 3.05) is 6.79 Å². The summed E-state index contributed by atoms with van der Waals surface area (Å²) in [5, 5.41) is 2.75. The maximum absolute atomic E-state index is 13.0. The molecule has 2 aromatic rings. The second-order valence-electron chi connectivity index (χ2n) is 6.85. The van der Waals surface area contributed by atoms with Gasteiger partial charge in [-0.3, -0.25) is 9.59 Å². The second-order valence-corrected chi connectivity index (χ2v) is 6.85. The number of nitrogens with zero attached hydrogens (tertiary/aromatic N) is 2. The van der Waals surface area contributed by atoms with Crippen LogP contribution in [0.25, 0.3) is 0 Å². The summed E-state index contributed by atoms with van der Waals surface area (Å²) in [6.45, 7) is 7.84. The van der Waals surface area contributed by atoms with Crippen molar-refractivity contribution in [3.05, 3.63) is 41.6 Å². The van der Waals surface area contributed by atoms with Gasteiger partial charge in [0.25, 0.3) is 11.8 Å². The zero-order valence-corrected chi connectivity index (χ0v) is 15.8. The predicted molar refractivity (Wildman–Crippen MR) is 96.7 cm³/mol. The highest BCUT2D eigenvalue weighted by Crippen LogP contribution is 2.33. The van der Waals surface area contributed by atoms with Crippen LogP contribution in [0.1, 0.15) is 54.4 Å². The van der Waals surface area contributed by atoms with Crippen LogP contribution in [0.4, 0.5) is 0 Å². The van der Waals surface area contributed by atoms with Crippen LogP contribution < -0.4 is 14.8 Å². The van der Waals surface area contributed by atoms with E-state index in [1.165, 1.54) is 6.26 Å². The fourth-order valence-electron chi connectivity index (χ4n) is 2.65. The Labute approximate surface area is 157 Å². The number of nitrogens with one attached hydrogen (secondary N) is 1. The Morgan fingerprint density at radius 3 is 2.63 bits per heavy atom. The Bertz CT molecular complexity index is 844. The molecule has 1 aliphatic heterocycles. The van der Waals surface area contributed by atoms with Crippen LogP contribution in [-0.2, 0) is 6.54 Å². The molecule has 0 unspecified atom stereocenters. The number of aromatic nitrogens is 1. The quantitative estimate of drug-likeness (QED) is 0.836. The lowest BCUT2D eigenvalue weighted by molar-refractivity contribution is 0.0671. The van der Waals surface area contributed by atoms with Crippen molar-refractivity contribution in [3.63, 3.8) is 0 Å². The van der Waals surface area contributed by atoms with E-state index in [1.54, 1.807) is 23.1 Å². The maximum Gasteiger partial charge on any atom is 0.273 e. The van der Waals surface area contributed by atoms with Gasteiger partial charge in [0.05, 0.1) is 6.54 Å². The minimum atomic E-state index is -0.307. The molecule has 1 N–H and O–H groups in total. The lowest BCUT2D eigenvalue weighted by Crippen LogP contribution is -2.36. The fraction of sp³-hybridized carbons (Fsp3) is 0.421. The standard InChI is InChI=1S/C19H23N3O5/c1-11(2)20-18(23)14-9-25-17(21-14)8-22(12(3)4)19(24)13-5-6-15-16(7-13)27-10-26-15/h5-7,9,11-12H,8,10H2,1-4H3,(H,20,23). The first-order valence-electron chi connectivity index (χ1n) is 8.81. The number of amides is 2. The van der Waals surface area contributed by atoms with Crippen molar-refractivity contribution >= 4 is 11.8 Å². The summed E-state index contributed by atoms with van der Waals surface area (Å²) < 4.78 is 16.0. The number of oxazole rings is 1. The summed E-state index contributed by atoms with van der Waals surface area (Å²) in [5.41, 5.74) is 0.676. The van der Waals surface area contributed by atoms with E-state index in [4.69, 9.17) is 13.9 Å². The van der Waals surface area contributed by atoms with Gasteiger partial charge in [0, 0.05) is 17.6 Å². The van der Waals surface area contributed by atoms with E-state index < -0.39 is 0 Å². The Kier molecular flexibility index (Phi) is 5.34. The lowest BCUT2D eigenvalue weighted by Gasteiger charge is -2.25. The Hall–Kier alpha value is -3.03. The number of benzene rings is 1. The molecule has 27 heavy (non-hydrogen) atoms. The SMILES string of the molecule is CC(C)NC(=O)c1coc(CN(C(=O)c2ccc3c(c2)OCO3)C(C)C)n1. The topological polar surface area (TPSA) is 93.9 Å². The van der Waals surface area contributed by atoms with Crippen LogP contribution in [0.5, 0.6) is 11.5 Å². The molecule has 1 aromatic carbocycles. The first-order chi connectivity index (χ1) is 12.8. The van der Waals surface area contributed by atoms with E-state index in [-0.39, 0.29) is 42.9 Å². The molecule has 144 valence electrons. The molecule has 2 amide bonds. The monoisotopic (exact) mass is 373 g/mol. The van der Waals surface area contributed by atoms with Gasteiger partial charge in [-0.05, 0) is 45.9 Å². The largest absolute Gasteiger partial charge is 0.454 e. The third kappa shape index (κ3) is 4.21. The van der Waals surface area contributed by atoms with E-state index >= 15 is 0 Å². The minimum Gasteiger partial charge on any atom is -0.454 e. The number of fused-ring (bicyclic) bond motifs is 1. The predicted octanol–water partition coefficient (Wildman–Crippen LogP) is 2.59. The van der Waals surface area contributed by atoms with Crippen LogP contribution in [0.3, 0.4) is 0 Å². The van der Waals surface area contributed by atoms with Crippen molar-refractivity contribution in [2.24, 2.45) is 0 Å². The molecule has 0 bridgehead atoms. The summed E-state index contributed by atoms with van der Waals surface area (Å²) >= 11 is 0. The van der Waals surface area contributed by atoms with Gasteiger partial charge < -0.3 is 24.1 Å². The summed E-state index contributed by atoms with van der Waals surface area (Å²) in [7, 11) is 0. The summed E-state index contributed by atoms with van der Waals surface area (Å²) in [4.78, 5) is 30.8. The van der Waals surface area contributed by atoms with Crippen LogP contribution >= 0.6 is 0 Å². The highest BCUT2D eigenvalue weighted by Gasteiger charge is 2.24. The van der Waals surface area contributed by atoms with E-state index in [0.29, 0.717) is 23.0 Å². The number of rotatable bonds is 6. The Morgan fingerprint density at radius 2 is 1.93 bits per heavy atom. The van der Waals surface area contributed by atoms with E-state index in [0.717, 1.165) is 0 Å². The maximum atomic E-state index is 13.0. The van der Waals surface area contributed by atoms with Gasteiger partial charge in [-0.15, -0.1) is 0 Å². The van der Waals surface area contributed by atoms with Gasteiger partial charge >= 0.3 is 0 Å². The average Bonchev–Trinajstić information content (AvgIpc) is 3.26. The van der Waals surface area contributed by atoms with Crippen molar-refractivity contribution in [1.82, 2.24) is 15.2 Å². The number of carbonyl (C=O) groups excluding carboxylic acids is 2. The minimum absolute atomic E-state index is 0.00241. The zero-order chi connectivity index (χ0) is 19.6. The van der Waals surface area contributed by atoms with Gasteiger partial charge in [0.1, 0.15) is 6.26 Å². The van der Waals surface area contributed by atoms with Crippen molar-refractivity contribution < 1.29 is 23.5 Å². The number of hydrogen-bond donors (Lipinski definition) is 1. The van der Waals surface area contributed by atoms with Crippen LogP contribution in [-0.4, -0.2) is 40.6 Å². The van der Waals surface area contributed by atoms with Crippen molar-refractivity contribution in [1.29, 1.82) is 0 Å². The molecular formula is C19H23N3O5. The smallest absolute Gasteiger partial charge is 0.273 e. The highest BCUT2D eigenvalue weighted by molar-refractivity contribution is 5.95. The third-order valence-corrected chi connectivity index (χ3v) is 4.01. The normalized spacial score (nSPS) is 12.5. The molecule has 3 rings (SSSR count). The van der Waals surface area contributed by atoms with E-state index in [2.05, 4.69) is 10.3 Å². The van der Waals surface area contributed by atoms with Gasteiger partial charge in [-0.25, -0.2) is 4.98 Å². The van der Waals surface area contributed by atoms with Gasteiger partial charge in [-0.1, -0.05) is 0 Å². The molecule has 8 nitrogen and oxygen atoms in total. The summed E-state index contributed by atoms with van der Waals surface area (Å²) in [6, 6.07) is 4.98. The number of ether oxygens (including phenoxy) is 2. The molecular weight excluding hydrogens is 350 g/mol. The van der Waals surface area contributed by atoms with Crippen molar-refractivity contribution in [3.8, 4) is 11.5 Å². The molecule has 0 saturated carbocycles. The number of hydrogen-bond acceptors (Lipinski definition) is 6. The molecule has 1 aromatic heterocycles. The highest BCUT2D eigenvalue weighted by atomic mass is 16.7. The summed E-state index contributed by atoms with van der Waals surface area (Å²) in [5.74, 6) is 0.976. The Balaban J connectivity index is 1.75. The fourth-order valence-corrected chi connectivity index (χ4v) is 2.65. The van der Waals surface area contributed by atoms with Gasteiger partial charge in [-0.2, -0.15) is 0 Å². The molecule has 2 heterocycles. The molecule has 1 aliphatic rings. The number of carbonyl (C=O) groups is 2. The molecule has 0 atom stereocenters. The third-order valence-electron chi connectivity index (χ3n) is 4.01. The Morgan fingerprint density at radius 1 is 1.19 bits per heavy atom. The van der Waals surface area contributed by atoms with Crippen LogP contribution in [0.15, 0.2) is 28.9 Å². The lowest BCUT2D eigenvalue weighted by atomic mass is 10.1. The second kappa shape index (κ2) is 7.69. The van der Waals surface area contributed by atoms with Crippen LogP contribution in [0.2, 0.25) is 0 Å². The van der Waals surface area contributed by atoms with Crippen molar-refractivity contribution in [2.45, 2.75) is 46.3 Å².